The highest BCUT2D eigenvalue weighted by atomic mass is 16.2. The summed E-state index contributed by atoms with van der Waals surface area (Å²) in [6, 6.07) is 0.204. The largest absolute Gasteiger partial charge is 0.337 e. The molecule has 1 atom stereocenters. The zero-order chi connectivity index (χ0) is 13.8. The lowest BCUT2D eigenvalue weighted by Gasteiger charge is -2.31. The van der Waals surface area contributed by atoms with Gasteiger partial charge in [-0.1, -0.05) is 12.2 Å². The zero-order valence-electron chi connectivity index (χ0n) is 12.0. The van der Waals surface area contributed by atoms with E-state index in [9.17, 15) is 4.79 Å². The molecule has 104 valence electrons. The maximum Gasteiger partial charge on any atom is 0.226 e. The number of aryl methyl sites for hydroxylation is 1. The summed E-state index contributed by atoms with van der Waals surface area (Å²) in [5.74, 6) is 1.35. The fourth-order valence-electron chi connectivity index (χ4n) is 2.47. The van der Waals surface area contributed by atoms with Crippen molar-refractivity contribution in [2.45, 2.75) is 45.7 Å². The van der Waals surface area contributed by atoms with Gasteiger partial charge in [0.05, 0.1) is 6.54 Å². The molecule has 1 aromatic rings. The lowest BCUT2D eigenvalue weighted by atomic mass is 9.92. The molecule has 0 saturated heterocycles. The average molecular weight is 261 g/mol. The van der Waals surface area contributed by atoms with Crippen LogP contribution in [0.25, 0.3) is 0 Å². The number of carbonyl (C=O) groups is 1. The van der Waals surface area contributed by atoms with E-state index in [1.54, 1.807) is 6.20 Å². The summed E-state index contributed by atoms with van der Waals surface area (Å²) >= 11 is 0. The van der Waals surface area contributed by atoms with Gasteiger partial charge in [-0.05, 0) is 33.1 Å². The minimum absolute atomic E-state index is 0.146. The van der Waals surface area contributed by atoms with Gasteiger partial charge < -0.3 is 9.47 Å². The second-order valence-corrected chi connectivity index (χ2v) is 5.50. The van der Waals surface area contributed by atoms with Gasteiger partial charge in [0.15, 0.2) is 0 Å². The third-order valence-corrected chi connectivity index (χ3v) is 3.76. The molecule has 1 heterocycles. The van der Waals surface area contributed by atoms with Crippen LogP contribution in [-0.2, 0) is 18.4 Å². The molecule has 1 aliphatic rings. The molecule has 0 radical (unpaired) electrons. The third-order valence-electron chi connectivity index (χ3n) is 3.76. The molecule has 1 aliphatic carbocycles. The Bertz CT molecular complexity index is 462. The van der Waals surface area contributed by atoms with Crippen LogP contribution < -0.4 is 0 Å². The number of hydrogen-bond acceptors (Lipinski definition) is 2. The summed E-state index contributed by atoms with van der Waals surface area (Å²) < 4.78 is 1.98. The summed E-state index contributed by atoms with van der Waals surface area (Å²) in [4.78, 5) is 18.9. The second-order valence-electron chi connectivity index (χ2n) is 5.50. The lowest BCUT2D eigenvalue weighted by molar-refractivity contribution is -0.138. The Balaban J connectivity index is 2.09. The predicted octanol–water partition coefficient (Wildman–Crippen LogP) is 2.51. The molecule has 0 aliphatic heterocycles. The van der Waals surface area contributed by atoms with Crippen molar-refractivity contribution in [1.29, 1.82) is 0 Å². The fraction of sp³-hybridized carbons (Fsp3) is 0.600. The van der Waals surface area contributed by atoms with Gasteiger partial charge in [-0.25, -0.2) is 4.98 Å². The van der Waals surface area contributed by atoms with Crippen LogP contribution in [0.3, 0.4) is 0 Å². The monoisotopic (exact) mass is 261 g/mol. The number of aromatic nitrogens is 2. The molecule has 1 aromatic heterocycles. The molecule has 1 amide bonds. The smallest absolute Gasteiger partial charge is 0.226 e. The molecule has 2 rings (SSSR count). The third kappa shape index (κ3) is 3.25. The van der Waals surface area contributed by atoms with E-state index in [2.05, 4.69) is 31.0 Å². The molecular weight excluding hydrogens is 238 g/mol. The van der Waals surface area contributed by atoms with Gasteiger partial charge in [0.25, 0.3) is 0 Å². The zero-order valence-corrected chi connectivity index (χ0v) is 12.0. The van der Waals surface area contributed by atoms with E-state index in [4.69, 9.17) is 0 Å². The van der Waals surface area contributed by atoms with E-state index in [1.807, 2.05) is 22.7 Å². The van der Waals surface area contributed by atoms with Gasteiger partial charge in [-0.2, -0.15) is 0 Å². The lowest BCUT2D eigenvalue weighted by Crippen LogP contribution is -2.41. The Labute approximate surface area is 115 Å². The summed E-state index contributed by atoms with van der Waals surface area (Å²) in [7, 11) is 1.97. The number of nitrogens with zero attached hydrogens (tertiary/aromatic N) is 3. The van der Waals surface area contributed by atoms with Crippen LogP contribution in [0.2, 0.25) is 0 Å². The number of carbonyl (C=O) groups excluding carboxylic acids is 1. The molecular formula is C15H23N3O. The van der Waals surface area contributed by atoms with Crippen LogP contribution in [0.4, 0.5) is 0 Å². The topological polar surface area (TPSA) is 38.1 Å². The highest BCUT2D eigenvalue weighted by Crippen LogP contribution is 2.22. The molecule has 4 nitrogen and oxygen atoms in total. The minimum atomic E-state index is 0.146. The quantitative estimate of drug-likeness (QED) is 0.781. The maximum atomic E-state index is 12.6. The molecule has 0 unspecified atom stereocenters. The number of hydrogen-bond donors (Lipinski definition) is 0. The van der Waals surface area contributed by atoms with Crippen LogP contribution in [0.15, 0.2) is 24.5 Å². The second kappa shape index (κ2) is 6.04. The van der Waals surface area contributed by atoms with Crippen molar-refractivity contribution in [3.05, 3.63) is 30.4 Å². The van der Waals surface area contributed by atoms with Crippen molar-refractivity contribution in [2.24, 2.45) is 13.0 Å². The Kier molecular flexibility index (Phi) is 4.40. The molecule has 4 heteroatoms. The van der Waals surface area contributed by atoms with Gasteiger partial charge in [0.2, 0.25) is 5.91 Å². The van der Waals surface area contributed by atoms with Crippen LogP contribution in [0, 0.1) is 5.92 Å². The van der Waals surface area contributed by atoms with Crippen molar-refractivity contribution >= 4 is 5.91 Å². The predicted molar refractivity (Wildman–Crippen MR) is 75.4 cm³/mol. The van der Waals surface area contributed by atoms with Crippen molar-refractivity contribution in [3.63, 3.8) is 0 Å². The van der Waals surface area contributed by atoms with Gasteiger partial charge >= 0.3 is 0 Å². The van der Waals surface area contributed by atoms with Gasteiger partial charge in [0, 0.05) is 31.4 Å². The Morgan fingerprint density at radius 1 is 1.53 bits per heavy atom. The summed E-state index contributed by atoms with van der Waals surface area (Å²) in [5, 5.41) is 0. The number of allylic oxidation sites excluding steroid dienone is 2. The van der Waals surface area contributed by atoms with E-state index >= 15 is 0 Å². The first-order valence-electron chi connectivity index (χ1n) is 7.01. The van der Waals surface area contributed by atoms with Crippen LogP contribution in [0.5, 0.6) is 0 Å². The van der Waals surface area contributed by atoms with E-state index in [0.29, 0.717) is 6.54 Å². The fourth-order valence-corrected chi connectivity index (χ4v) is 2.47. The minimum Gasteiger partial charge on any atom is -0.337 e. The highest BCUT2D eigenvalue weighted by Gasteiger charge is 2.26. The Morgan fingerprint density at radius 3 is 2.84 bits per heavy atom. The normalized spacial score (nSPS) is 18.8. The molecule has 0 bridgehead atoms. The van der Waals surface area contributed by atoms with Crippen LogP contribution >= 0.6 is 0 Å². The number of imidazole rings is 1. The number of amides is 1. The summed E-state index contributed by atoms with van der Waals surface area (Å²) in [6.45, 7) is 4.74. The van der Waals surface area contributed by atoms with E-state index in [0.717, 1.165) is 25.1 Å². The van der Waals surface area contributed by atoms with Crippen molar-refractivity contribution in [2.75, 3.05) is 0 Å². The first-order chi connectivity index (χ1) is 9.09. The van der Waals surface area contributed by atoms with Crippen molar-refractivity contribution in [1.82, 2.24) is 14.5 Å². The molecule has 0 saturated carbocycles. The first kappa shape index (κ1) is 13.8. The summed E-state index contributed by atoms with van der Waals surface area (Å²) in [5.41, 5.74) is 0. The molecule has 0 N–H and O–H groups in total. The molecule has 0 fully saturated rings. The standard InChI is InChI=1S/C15H23N3O/c1-12(2)18(11-14-16-9-10-17(14)3)15(19)13-7-5-4-6-8-13/h4-5,9-10,12-13H,6-8,11H2,1-3H3/t13-/m1/s1. The Morgan fingerprint density at radius 2 is 2.32 bits per heavy atom. The Hall–Kier alpha value is -1.58. The van der Waals surface area contributed by atoms with Gasteiger partial charge in [-0.3, -0.25) is 4.79 Å². The van der Waals surface area contributed by atoms with E-state index in [1.165, 1.54) is 0 Å². The van der Waals surface area contributed by atoms with Crippen LogP contribution in [-0.4, -0.2) is 26.4 Å². The molecule has 0 spiro atoms. The van der Waals surface area contributed by atoms with Crippen LogP contribution in [0.1, 0.15) is 38.9 Å². The SMILES string of the molecule is CC(C)N(Cc1nccn1C)C(=O)[C@@H]1CC=CCC1. The number of rotatable bonds is 4. The maximum absolute atomic E-state index is 12.6. The summed E-state index contributed by atoms with van der Waals surface area (Å²) in [6.07, 6.45) is 10.9. The highest BCUT2D eigenvalue weighted by molar-refractivity contribution is 5.79. The van der Waals surface area contributed by atoms with E-state index in [-0.39, 0.29) is 17.9 Å². The molecule has 0 aromatic carbocycles. The molecule has 19 heavy (non-hydrogen) atoms. The van der Waals surface area contributed by atoms with Crippen molar-refractivity contribution < 1.29 is 4.79 Å². The van der Waals surface area contributed by atoms with Gasteiger partial charge in [0.1, 0.15) is 5.82 Å². The van der Waals surface area contributed by atoms with E-state index < -0.39 is 0 Å². The van der Waals surface area contributed by atoms with Gasteiger partial charge in [-0.15, -0.1) is 0 Å². The first-order valence-corrected chi connectivity index (χ1v) is 7.01. The average Bonchev–Trinajstić information content (AvgIpc) is 2.81. The van der Waals surface area contributed by atoms with Crippen molar-refractivity contribution in [3.8, 4) is 0 Å².